The SMILES string of the molecule is COC(=O)c1ccccc1-c1ccc(/C=N/Nc2nc3ccccc3s2)o1. The third-order valence-corrected chi connectivity index (χ3v) is 4.81. The number of hydrogen-bond donors (Lipinski definition) is 1. The van der Waals surface area contributed by atoms with Crippen molar-refractivity contribution >= 4 is 38.9 Å². The van der Waals surface area contributed by atoms with Crippen LogP contribution in [0.4, 0.5) is 5.13 Å². The Kier molecular flexibility index (Phi) is 4.67. The highest BCUT2D eigenvalue weighted by molar-refractivity contribution is 7.22. The molecule has 0 saturated carbocycles. The van der Waals surface area contributed by atoms with Crippen molar-refractivity contribution in [3.63, 3.8) is 0 Å². The van der Waals surface area contributed by atoms with E-state index in [0.717, 1.165) is 10.2 Å². The first-order valence-electron chi connectivity index (χ1n) is 8.17. The lowest BCUT2D eigenvalue weighted by molar-refractivity contribution is 0.0601. The molecule has 2 aromatic carbocycles. The Balaban J connectivity index is 1.51. The van der Waals surface area contributed by atoms with Gasteiger partial charge in [0.1, 0.15) is 11.5 Å². The summed E-state index contributed by atoms with van der Waals surface area (Å²) in [5.41, 5.74) is 4.96. The lowest BCUT2D eigenvalue weighted by atomic mass is 10.1. The Labute approximate surface area is 159 Å². The first kappa shape index (κ1) is 17.0. The number of methoxy groups -OCH3 is 1. The normalized spacial score (nSPS) is 11.1. The van der Waals surface area contributed by atoms with E-state index < -0.39 is 5.97 Å². The van der Waals surface area contributed by atoms with E-state index in [2.05, 4.69) is 15.5 Å². The van der Waals surface area contributed by atoms with E-state index >= 15 is 0 Å². The van der Waals surface area contributed by atoms with Crippen molar-refractivity contribution in [2.45, 2.75) is 0 Å². The van der Waals surface area contributed by atoms with Crippen molar-refractivity contribution in [1.29, 1.82) is 0 Å². The molecule has 2 heterocycles. The van der Waals surface area contributed by atoms with Gasteiger partial charge in [-0.1, -0.05) is 41.7 Å². The van der Waals surface area contributed by atoms with Crippen molar-refractivity contribution < 1.29 is 13.9 Å². The standard InChI is InChI=1S/C20H15N3O3S/c1-25-19(24)15-7-3-2-6-14(15)17-11-10-13(26-17)12-21-23-20-22-16-8-4-5-9-18(16)27-20/h2-12H,1H3,(H,22,23)/b21-12+. The van der Waals surface area contributed by atoms with Gasteiger partial charge in [0.05, 0.1) is 29.1 Å². The number of anilines is 1. The Morgan fingerprint density at radius 3 is 2.81 bits per heavy atom. The molecule has 6 nitrogen and oxygen atoms in total. The van der Waals surface area contributed by atoms with Gasteiger partial charge in [-0.3, -0.25) is 5.43 Å². The monoisotopic (exact) mass is 377 g/mol. The maximum atomic E-state index is 11.9. The van der Waals surface area contributed by atoms with Crippen molar-refractivity contribution in [3.05, 3.63) is 72.0 Å². The second-order valence-electron chi connectivity index (χ2n) is 5.60. The van der Waals surface area contributed by atoms with Crippen LogP contribution in [0, 0.1) is 0 Å². The number of hydrogen-bond acceptors (Lipinski definition) is 7. The highest BCUT2D eigenvalue weighted by Crippen LogP contribution is 2.27. The molecule has 27 heavy (non-hydrogen) atoms. The fourth-order valence-electron chi connectivity index (χ4n) is 2.62. The van der Waals surface area contributed by atoms with Gasteiger partial charge in [0.15, 0.2) is 0 Å². The summed E-state index contributed by atoms with van der Waals surface area (Å²) in [5, 5.41) is 4.88. The van der Waals surface area contributed by atoms with Crippen molar-refractivity contribution in [1.82, 2.24) is 4.98 Å². The molecule has 0 fully saturated rings. The van der Waals surface area contributed by atoms with Gasteiger partial charge in [-0.05, 0) is 30.3 Å². The van der Waals surface area contributed by atoms with Crippen LogP contribution in [0.3, 0.4) is 0 Å². The molecular formula is C20H15N3O3S. The molecule has 0 atom stereocenters. The number of furan rings is 1. The molecule has 0 unspecified atom stereocenters. The Bertz CT molecular complexity index is 1100. The number of fused-ring (bicyclic) bond motifs is 1. The number of ether oxygens (including phenoxy) is 1. The first-order valence-corrected chi connectivity index (χ1v) is 8.98. The maximum absolute atomic E-state index is 11.9. The Hall–Kier alpha value is -3.45. The molecule has 0 aliphatic carbocycles. The number of benzene rings is 2. The van der Waals surface area contributed by atoms with Gasteiger partial charge >= 0.3 is 5.97 Å². The topological polar surface area (TPSA) is 76.7 Å². The minimum absolute atomic E-state index is 0.408. The van der Waals surface area contributed by atoms with E-state index in [9.17, 15) is 4.79 Å². The van der Waals surface area contributed by atoms with E-state index in [1.807, 2.05) is 36.4 Å². The highest BCUT2D eigenvalue weighted by atomic mass is 32.1. The van der Waals surface area contributed by atoms with Crippen LogP contribution in [0.1, 0.15) is 16.1 Å². The van der Waals surface area contributed by atoms with E-state index in [1.165, 1.54) is 18.4 Å². The largest absolute Gasteiger partial charge is 0.465 e. The number of carbonyl (C=O) groups excluding carboxylic acids is 1. The maximum Gasteiger partial charge on any atom is 0.338 e. The van der Waals surface area contributed by atoms with Crippen LogP contribution in [0.15, 0.2) is 70.2 Å². The van der Waals surface area contributed by atoms with E-state index in [4.69, 9.17) is 9.15 Å². The molecule has 4 aromatic rings. The third kappa shape index (κ3) is 3.58. The van der Waals surface area contributed by atoms with E-state index in [0.29, 0.717) is 27.8 Å². The summed E-state index contributed by atoms with van der Waals surface area (Å²) in [4.78, 5) is 16.4. The van der Waals surface area contributed by atoms with Crippen LogP contribution in [-0.2, 0) is 4.74 Å². The molecule has 0 aliphatic heterocycles. The number of esters is 1. The quantitative estimate of drug-likeness (QED) is 0.307. The molecular weight excluding hydrogens is 362 g/mol. The number of nitrogens with zero attached hydrogens (tertiary/aromatic N) is 2. The summed E-state index contributed by atoms with van der Waals surface area (Å²) in [6.45, 7) is 0. The molecule has 2 aromatic heterocycles. The summed E-state index contributed by atoms with van der Waals surface area (Å²) in [5.74, 6) is 0.713. The number of carbonyl (C=O) groups is 1. The molecule has 7 heteroatoms. The fourth-order valence-corrected chi connectivity index (χ4v) is 3.44. The smallest absolute Gasteiger partial charge is 0.338 e. The average molecular weight is 377 g/mol. The van der Waals surface area contributed by atoms with Gasteiger partial charge in [0.2, 0.25) is 5.13 Å². The van der Waals surface area contributed by atoms with Gasteiger partial charge in [-0.15, -0.1) is 0 Å². The van der Waals surface area contributed by atoms with Gasteiger partial charge in [-0.25, -0.2) is 9.78 Å². The third-order valence-electron chi connectivity index (χ3n) is 3.87. The van der Waals surface area contributed by atoms with Crippen LogP contribution in [0.25, 0.3) is 21.5 Å². The molecule has 134 valence electrons. The Morgan fingerprint density at radius 1 is 1.15 bits per heavy atom. The highest BCUT2D eigenvalue weighted by Gasteiger charge is 2.15. The number of nitrogens with one attached hydrogen (secondary N) is 1. The number of hydrazone groups is 1. The average Bonchev–Trinajstić information content (AvgIpc) is 3.34. The molecule has 0 aliphatic rings. The van der Waals surface area contributed by atoms with Crippen LogP contribution >= 0.6 is 11.3 Å². The number of para-hydroxylation sites is 1. The molecule has 0 saturated heterocycles. The van der Waals surface area contributed by atoms with Crippen LogP contribution in [0.2, 0.25) is 0 Å². The zero-order valence-corrected chi connectivity index (χ0v) is 15.2. The second kappa shape index (κ2) is 7.43. The summed E-state index contributed by atoms with van der Waals surface area (Å²) < 4.78 is 11.7. The molecule has 0 amide bonds. The Morgan fingerprint density at radius 2 is 1.96 bits per heavy atom. The summed E-state index contributed by atoms with van der Waals surface area (Å²) >= 11 is 1.52. The molecule has 0 bridgehead atoms. The predicted octanol–water partition coefficient (Wildman–Crippen LogP) is 4.79. The minimum atomic E-state index is -0.408. The van der Waals surface area contributed by atoms with Crippen LogP contribution in [0.5, 0.6) is 0 Å². The molecule has 0 spiro atoms. The van der Waals surface area contributed by atoms with Crippen LogP contribution < -0.4 is 5.43 Å². The van der Waals surface area contributed by atoms with Crippen molar-refractivity contribution in [2.24, 2.45) is 5.10 Å². The van der Waals surface area contributed by atoms with E-state index in [1.54, 1.807) is 30.5 Å². The zero-order valence-electron chi connectivity index (χ0n) is 14.4. The van der Waals surface area contributed by atoms with Gasteiger partial charge < -0.3 is 9.15 Å². The van der Waals surface area contributed by atoms with Crippen molar-refractivity contribution in [3.8, 4) is 11.3 Å². The number of rotatable bonds is 5. The second-order valence-corrected chi connectivity index (χ2v) is 6.63. The summed E-state index contributed by atoms with van der Waals surface area (Å²) in [6, 6.07) is 18.6. The van der Waals surface area contributed by atoms with Gasteiger partial charge in [0.25, 0.3) is 0 Å². The summed E-state index contributed by atoms with van der Waals surface area (Å²) in [6.07, 6.45) is 1.57. The zero-order chi connectivity index (χ0) is 18.6. The molecule has 4 rings (SSSR count). The van der Waals surface area contributed by atoms with E-state index in [-0.39, 0.29) is 0 Å². The fraction of sp³-hybridized carbons (Fsp3) is 0.0500. The molecule has 1 N–H and O–H groups in total. The molecule has 0 radical (unpaired) electrons. The van der Waals surface area contributed by atoms with Gasteiger partial charge in [-0.2, -0.15) is 5.10 Å². The summed E-state index contributed by atoms with van der Waals surface area (Å²) in [7, 11) is 1.35. The minimum Gasteiger partial charge on any atom is -0.465 e. The lowest BCUT2D eigenvalue weighted by Crippen LogP contribution is -2.02. The van der Waals surface area contributed by atoms with Gasteiger partial charge in [0, 0.05) is 5.56 Å². The lowest BCUT2D eigenvalue weighted by Gasteiger charge is -2.04. The van der Waals surface area contributed by atoms with Crippen LogP contribution in [-0.4, -0.2) is 24.3 Å². The van der Waals surface area contributed by atoms with Crippen molar-refractivity contribution in [2.75, 3.05) is 12.5 Å². The predicted molar refractivity (Wildman–Crippen MR) is 106 cm³/mol. The number of aromatic nitrogens is 1. The number of thiazole rings is 1. The first-order chi connectivity index (χ1) is 13.2.